The summed E-state index contributed by atoms with van der Waals surface area (Å²) in [4.78, 5) is 11.2. The lowest BCUT2D eigenvalue weighted by atomic mass is 10.2. The molecule has 0 saturated carbocycles. The summed E-state index contributed by atoms with van der Waals surface area (Å²) in [6.45, 7) is 1.25. The maximum Gasteiger partial charge on any atom is 0.322 e. The molecule has 0 spiro atoms. The van der Waals surface area contributed by atoms with Crippen LogP contribution in [-0.4, -0.2) is 28.2 Å². The number of nitrogens with zero attached hydrogens (tertiary/aromatic N) is 3. The third-order valence-electron chi connectivity index (χ3n) is 2.13. The molecule has 1 aromatic heterocycles. The zero-order valence-corrected chi connectivity index (χ0v) is 11.4. The number of aromatic nitrogens is 3. The van der Waals surface area contributed by atoms with Crippen molar-refractivity contribution in [3.05, 3.63) is 46.5 Å². The molecule has 0 saturated heterocycles. The van der Waals surface area contributed by atoms with Gasteiger partial charge >= 0.3 is 6.01 Å². The lowest BCUT2D eigenvalue weighted by Gasteiger charge is -2.06. The summed E-state index contributed by atoms with van der Waals surface area (Å²) >= 11 is 11.2. The van der Waals surface area contributed by atoms with Gasteiger partial charge in [0.1, 0.15) is 6.61 Å². The summed E-state index contributed by atoms with van der Waals surface area (Å²) in [5.41, 5.74) is 1.11. The molecule has 0 bridgehead atoms. The Balaban J connectivity index is 1.69. The summed E-state index contributed by atoms with van der Waals surface area (Å²) in [6.07, 6.45) is 0. The normalized spacial score (nSPS) is 10.4. The van der Waals surface area contributed by atoms with Crippen molar-refractivity contribution in [2.45, 2.75) is 6.61 Å². The molecule has 0 fully saturated rings. The van der Waals surface area contributed by atoms with E-state index in [0.29, 0.717) is 19.8 Å². The second-order valence-electron chi connectivity index (χ2n) is 3.54. The summed E-state index contributed by atoms with van der Waals surface area (Å²) in [7, 11) is 0. The molecule has 7 heteroatoms. The Kier molecular flexibility index (Phi) is 5.32. The maximum atomic E-state index is 5.61. The Hall–Kier alpha value is -1.43. The Morgan fingerprint density at radius 1 is 0.895 bits per heavy atom. The average molecular weight is 300 g/mol. The van der Waals surface area contributed by atoms with Crippen molar-refractivity contribution in [2.75, 3.05) is 13.2 Å². The van der Waals surface area contributed by atoms with E-state index in [2.05, 4.69) is 15.0 Å². The molecule has 5 nitrogen and oxygen atoms in total. The molecular weight excluding hydrogens is 289 g/mol. The highest BCUT2D eigenvalue weighted by atomic mass is 35.5. The van der Waals surface area contributed by atoms with E-state index >= 15 is 0 Å². The fourth-order valence-electron chi connectivity index (χ4n) is 1.33. The fourth-order valence-corrected chi connectivity index (χ4v) is 1.68. The minimum absolute atomic E-state index is 0.000189. The standard InChI is InChI=1S/C12H11Cl2N3O2/c13-10-15-11(14)17-12(16-10)19-7-6-18-8-9-4-2-1-3-5-9/h1-5H,6-8H2. The van der Waals surface area contributed by atoms with Gasteiger partial charge in [-0.2, -0.15) is 15.0 Å². The van der Waals surface area contributed by atoms with Crippen LogP contribution in [0.4, 0.5) is 0 Å². The molecule has 0 aliphatic carbocycles. The highest BCUT2D eigenvalue weighted by Crippen LogP contribution is 2.11. The Morgan fingerprint density at radius 2 is 1.58 bits per heavy atom. The highest BCUT2D eigenvalue weighted by Gasteiger charge is 2.03. The quantitative estimate of drug-likeness (QED) is 0.768. The lowest BCUT2D eigenvalue weighted by molar-refractivity contribution is 0.0857. The zero-order valence-electron chi connectivity index (χ0n) is 9.92. The van der Waals surface area contributed by atoms with Crippen LogP contribution in [0.15, 0.2) is 30.3 Å². The lowest BCUT2D eigenvalue weighted by Crippen LogP contribution is -2.09. The Labute approximate surface area is 120 Å². The van der Waals surface area contributed by atoms with E-state index in [9.17, 15) is 0 Å². The van der Waals surface area contributed by atoms with Gasteiger partial charge in [-0.15, -0.1) is 0 Å². The van der Waals surface area contributed by atoms with E-state index in [1.165, 1.54) is 0 Å². The van der Waals surface area contributed by atoms with E-state index in [1.807, 2.05) is 30.3 Å². The Morgan fingerprint density at radius 3 is 2.26 bits per heavy atom. The van der Waals surface area contributed by atoms with Gasteiger partial charge in [0, 0.05) is 0 Å². The van der Waals surface area contributed by atoms with E-state index in [-0.39, 0.29) is 16.6 Å². The molecule has 0 aliphatic rings. The fraction of sp³-hybridized carbons (Fsp3) is 0.250. The zero-order chi connectivity index (χ0) is 13.5. The second kappa shape index (κ2) is 7.23. The van der Waals surface area contributed by atoms with Crippen molar-refractivity contribution in [3.63, 3.8) is 0 Å². The number of ether oxygens (including phenoxy) is 2. The first-order valence-corrected chi connectivity index (χ1v) is 6.31. The van der Waals surface area contributed by atoms with Crippen LogP contribution in [0.3, 0.4) is 0 Å². The number of benzene rings is 1. The van der Waals surface area contributed by atoms with Crippen molar-refractivity contribution in [3.8, 4) is 6.01 Å². The number of rotatable bonds is 6. The molecule has 0 amide bonds. The number of hydrogen-bond acceptors (Lipinski definition) is 5. The molecule has 0 aliphatic heterocycles. The van der Waals surface area contributed by atoms with Crippen LogP contribution in [0.1, 0.15) is 5.56 Å². The molecule has 1 heterocycles. The van der Waals surface area contributed by atoms with Crippen LogP contribution in [0, 0.1) is 0 Å². The number of hydrogen-bond donors (Lipinski definition) is 0. The van der Waals surface area contributed by atoms with E-state index in [1.54, 1.807) is 0 Å². The van der Waals surface area contributed by atoms with Crippen LogP contribution in [0.25, 0.3) is 0 Å². The monoisotopic (exact) mass is 299 g/mol. The van der Waals surface area contributed by atoms with Crippen LogP contribution in [-0.2, 0) is 11.3 Å². The van der Waals surface area contributed by atoms with Crippen molar-refractivity contribution < 1.29 is 9.47 Å². The van der Waals surface area contributed by atoms with Gasteiger partial charge < -0.3 is 9.47 Å². The van der Waals surface area contributed by atoms with Crippen molar-refractivity contribution in [2.24, 2.45) is 0 Å². The molecule has 2 aromatic rings. The predicted molar refractivity (Wildman–Crippen MR) is 71.4 cm³/mol. The van der Waals surface area contributed by atoms with Crippen LogP contribution in [0.5, 0.6) is 6.01 Å². The summed E-state index contributed by atoms with van der Waals surface area (Å²) in [6, 6.07) is 9.96. The van der Waals surface area contributed by atoms with Crippen LogP contribution < -0.4 is 4.74 Å². The van der Waals surface area contributed by atoms with Crippen molar-refractivity contribution >= 4 is 23.2 Å². The topological polar surface area (TPSA) is 57.1 Å². The van der Waals surface area contributed by atoms with Gasteiger partial charge in [0.05, 0.1) is 13.2 Å². The molecule has 100 valence electrons. The smallest absolute Gasteiger partial charge is 0.322 e. The molecule has 0 radical (unpaired) electrons. The first-order valence-electron chi connectivity index (χ1n) is 5.55. The first-order chi connectivity index (χ1) is 9.24. The van der Waals surface area contributed by atoms with E-state index < -0.39 is 0 Å². The van der Waals surface area contributed by atoms with Gasteiger partial charge in [0.2, 0.25) is 10.6 Å². The maximum absolute atomic E-state index is 5.61. The molecule has 2 rings (SSSR count). The summed E-state index contributed by atoms with van der Waals surface area (Å²) in [5, 5.41) is 0.000378. The summed E-state index contributed by atoms with van der Waals surface area (Å²) in [5.74, 6) is 0. The van der Waals surface area contributed by atoms with Crippen molar-refractivity contribution in [1.82, 2.24) is 15.0 Å². The molecule has 0 N–H and O–H groups in total. The largest absolute Gasteiger partial charge is 0.461 e. The van der Waals surface area contributed by atoms with Crippen molar-refractivity contribution in [1.29, 1.82) is 0 Å². The van der Waals surface area contributed by atoms with E-state index in [4.69, 9.17) is 32.7 Å². The third kappa shape index (κ3) is 4.98. The molecule has 19 heavy (non-hydrogen) atoms. The number of halogens is 2. The predicted octanol–water partition coefficient (Wildman–Crippen LogP) is 2.77. The van der Waals surface area contributed by atoms with Gasteiger partial charge in [-0.3, -0.25) is 0 Å². The molecule has 1 aromatic carbocycles. The molecule has 0 unspecified atom stereocenters. The van der Waals surface area contributed by atoms with E-state index in [0.717, 1.165) is 5.56 Å². The first kappa shape index (κ1) is 14.0. The third-order valence-corrected chi connectivity index (χ3v) is 2.47. The second-order valence-corrected chi connectivity index (χ2v) is 4.22. The minimum Gasteiger partial charge on any atom is -0.461 e. The van der Waals surface area contributed by atoms with Crippen LogP contribution >= 0.6 is 23.2 Å². The van der Waals surface area contributed by atoms with Gasteiger partial charge in [-0.25, -0.2) is 0 Å². The average Bonchev–Trinajstić information content (AvgIpc) is 2.38. The van der Waals surface area contributed by atoms with Gasteiger partial charge in [0.15, 0.2) is 0 Å². The van der Waals surface area contributed by atoms with Crippen LogP contribution in [0.2, 0.25) is 10.6 Å². The summed E-state index contributed by atoms with van der Waals surface area (Å²) < 4.78 is 10.7. The highest BCUT2D eigenvalue weighted by molar-refractivity contribution is 6.31. The SMILES string of the molecule is Clc1nc(Cl)nc(OCCOCc2ccccc2)n1. The minimum atomic E-state index is 0.000189. The molecule has 0 atom stereocenters. The van der Waals surface area contributed by atoms with Gasteiger partial charge in [0.25, 0.3) is 0 Å². The molecular formula is C12H11Cl2N3O2. The van der Waals surface area contributed by atoms with Gasteiger partial charge in [-0.05, 0) is 28.8 Å². The Bertz CT molecular complexity index is 505. The van der Waals surface area contributed by atoms with Gasteiger partial charge in [-0.1, -0.05) is 30.3 Å².